The Morgan fingerprint density at radius 2 is 1.63 bits per heavy atom. The highest BCUT2D eigenvalue weighted by molar-refractivity contribution is 5.81. The lowest BCUT2D eigenvalue weighted by Gasteiger charge is -1.94. The highest BCUT2D eigenvalue weighted by Gasteiger charge is 1.90. The monoisotopic (exact) mass is 280 g/mol. The van der Waals surface area contributed by atoms with Gasteiger partial charge in [0.05, 0.1) is 19.3 Å². The van der Waals surface area contributed by atoms with Crippen molar-refractivity contribution in [3.63, 3.8) is 0 Å². The average molecular weight is 280 g/mol. The summed E-state index contributed by atoms with van der Waals surface area (Å²) in [6, 6.07) is 0. The zero-order chi connectivity index (χ0) is 15.7. The Balaban J connectivity index is -0.000000209. The van der Waals surface area contributed by atoms with E-state index in [1.807, 2.05) is 0 Å². The van der Waals surface area contributed by atoms with Crippen LogP contribution in [-0.2, 0) is 19.2 Å². The van der Waals surface area contributed by atoms with Gasteiger partial charge in [-0.3, -0.25) is 4.89 Å². The van der Waals surface area contributed by atoms with Crippen LogP contribution in [0.15, 0.2) is 25.3 Å². The quantitative estimate of drug-likeness (QED) is 0.224. The van der Waals surface area contributed by atoms with Crippen LogP contribution in [0.25, 0.3) is 0 Å². The number of carbonyl (C=O) groups is 2. The second-order valence-electron chi connectivity index (χ2n) is 2.74. The molecular weight excluding hydrogens is 260 g/mol. The van der Waals surface area contributed by atoms with Crippen LogP contribution in [0.3, 0.4) is 0 Å². The summed E-state index contributed by atoms with van der Waals surface area (Å²) in [5.74, 6) is -1.34. The maximum absolute atomic E-state index is 10.1. The topological polar surface area (TPSA) is 134 Å². The van der Waals surface area contributed by atoms with Gasteiger partial charge in [-0.15, -0.1) is 0 Å². The van der Waals surface area contributed by atoms with E-state index in [4.69, 9.17) is 20.6 Å². The third kappa shape index (κ3) is 31.4. The summed E-state index contributed by atoms with van der Waals surface area (Å²) in [5, 5.41) is 31.5. The van der Waals surface area contributed by atoms with Gasteiger partial charge in [-0.05, 0) is 6.92 Å². The number of esters is 1. The van der Waals surface area contributed by atoms with E-state index in [0.717, 1.165) is 12.2 Å². The molecule has 0 amide bonds. The molecule has 8 heteroatoms. The number of hydrogen-bond acceptors (Lipinski definition) is 8. The normalized spacial score (nSPS) is 9.53. The maximum atomic E-state index is 10.1. The number of rotatable bonds is 5. The lowest BCUT2D eigenvalue weighted by atomic mass is 10.5. The molecule has 0 rings (SSSR count). The number of hydrogen-bond donors (Lipinski definition) is 4. The summed E-state index contributed by atoms with van der Waals surface area (Å²) < 4.78 is 4.33. The maximum Gasteiger partial charge on any atom is 0.365 e. The number of carbonyl (C=O) groups excluding carboxylic acids is 2. The van der Waals surface area contributed by atoms with Crippen molar-refractivity contribution in [2.45, 2.75) is 13.0 Å². The van der Waals surface area contributed by atoms with Gasteiger partial charge in [-0.25, -0.2) is 9.59 Å². The highest BCUT2D eigenvalue weighted by Crippen LogP contribution is 1.75. The molecule has 0 aliphatic carbocycles. The molecule has 0 aromatic carbocycles. The first-order chi connectivity index (χ1) is 8.89. The van der Waals surface area contributed by atoms with E-state index in [-0.39, 0.29) is 19.8 Å². The summed E-state index contributed by atoms with van der Waals surface area (Å²) in [5.41, 5.74) is 0. The Labute approximate surface area is 111 Å². The van der Waals surface area contributed by atoms with E-state index >= 15 is 0 Å². The zero-order valence-corrected chi connectivity index (χ0v) is 10.7. The Kier molecular flexibility index (Phi) is 22.0. The zero-order valence-electron chi connectivity index (χ0n) is 10.7. The second-order valence-corrected chi connectivity index (χ2v) is 2.74. The SMILES string of the molecule is C=CC(=O)OCCO.C=CC(=O)OO.CC(O)CO. The van der Waals surface area contributed by atoms with Crippen molar-refractivity contribution in [2.75, 3.05) is 19.8 Å². The van der Waals surface area contributed by atoms with E-state index < -0.39 is 18.0 Å². The Morgan fingerprint density at radius 1 is 1.21 bits per heavy atom. The molecule has 1 atom stereocenters. The number of aliphatic hydroxyl groups excluding tert-OH is 3. The van der Waals surface area contributed by atoms with Crippen molar-refractivity contribution >= 4 is 11.9 Å². The summed E-state index contributed by atoms with van der Waals surface area (Å²) in [6.45, 7) is 7.45. The molecule has 0 aromatic heterocycles. The first-order valence-electron chi connectivity index (χ1n) is 5.06. The summed E-state index contributed by atoms with van der Waals surface area (Å²) >= 11 is 0. The molecule has 0 spiro atoms. The van der Waals surface area contributed by atoms with Crippen LogP contribution in [0.4, 0.5) is 0 Å². The van der Waals surface area contributed by atoms with Crippen LogP contribution in [0.1, 0.15) is 6.92 Å². The van der Waals surface area contributed by atoms with Gasteiger partial charge in [0.15, 0.2) is 0 Å². The molecule has 4 N–H and O–H groups in total. The standard InChI is InChI=1S/C5H8O3.C3H4O3.C3H8O2/c1-2-5(7)8-4-3-6;1-2-3(4)6-5;1-3(5)2-4/h2,6H,1,3-4H2;2,5H,1H2;3-5H,2H2,1H3. The Bertz CT molecular complexity index is 249. The van der Waals surface area contributed by atoms with Crippen molar-refractivity contribution in [1.29, 1.82) is 0 Å². The van der Waals surface area contributed by atoms with E-state index in [9.17, 15) is 9.59 Å². The lowest BCUT2D eigenvalue weighted by molar-refractivity contribution is -0.228. The summed E-state index contributed by atoms with van der Waals surface area (Å²) in [6.07, 6.45) is 1.35. The molecule has 0 aliphatic rings. The van der Waals surface area contributed by atoms with E-state index in [1.165, 1.54) is 6.92 Å². The van der Waals surface area contributed by atoms with E-state index in [0.29, 0.717) is 0 Å². The first-order valence-corrected chi connectivity index (χ1v) is 5.06. The van der Waals surface area contributed by atoms with Crippen molar-refractivity contribution in [2.24, 2.45) is 0 Å². The molecule has 0 saturated carbocycles. The number of ether oxygens (including phenoxy) is 1. The van der Waals surface area contributed by atoms with Crippen LogP contribution in [-0.4, -0.2) is 58.4 Å². The van der Waals surface area contributed by atoms with Crippen LogP contribution in [0.2, 0.25) is 0 Å². The third-order valence-corrected chi connectivity index (χ3v) is 1.02. The molecule has 0 radical (unpaired) electrons. The van der Waals surface area contributed by atoms with Gasteiger partial charge in [-0.1, -0.05) is 13.2 Å². The van der Waals surface area contributed by atoms with Crippen molar-refractivity contribution in [3.05, 3.63) is 25.3 Å². The fourth-order valence-corrected chi connectivity index (χ4v) is 0.242. The molecule has 112 valence electrons. The van der Waals surface area contributed by atoms with Gasteiger partial charge >= 0.3 is 11.9 Å². The fourth-order valence-electron chi connectivity index (χ4n) is 0.242. The van der Waals surface area contributed by atoms with Gasteiger partial charge in [0.1, 0.15) is 6.61 Å². The fraction of sp³-hybridized carbons (Fsp3) is 0.455. The van der Waals surface area contributed by atoms with Gasteiger partial charge < -0.3 is 20.1 Å². The predicted molar refractivity (Wildman–Crippen MR) is 65.9 cm³/mol. The van der Waals surface area contributed by atoms with Crippen LogP contribution < -0.4 is 0 Å². The van der Waals surface area contributed by atoms with Gasteiger partial charge in [-0.2, -0.15) is 5.26 Å². The average Bonchev–Trinajstić information content (AvgIpc) is 2.44. The number of aliphatic hydroxyl groups is 3. The molecular formula is C11H20O8. The van der Waals surface area contributed by atoms with Crippen LogP contribution in [0.5, 0.6) is 0 Å². The molecule has 8 nitrogen and oxygen atoms in total. The van der Waals surface area contributed by atoms with Crippen LogP contribution in [0, 0.1) is 0 Å². The molecule has 0 aromatic rings. The molecule has 0 saturated heterocycles. The first kappa shape index (κ1) is 22.4. The van der Waals surface area contributed by atoms with Gasteiger partial charge in [0.2, 0.25) is 0 Å². The molecule has 0 heterocycles. The predicted octanol–water partition coefficient (Wildman–Crippen LogP) is -0.744. The highest BCUT2D eigenvalue weighted by atomic mass is 17.1. The smallest absolute Gasteiger partial charge is 0.365 e. The minimum absolute atomic E-state index is 0.0465. The van der Waals surface area contributed by atoms with E-state index in [1.54, 1.807) is 0 Å². The van der Waals surface area contributed by atoms with Crippen molar-refractivity contribution in [3.8, 4) is 0 Å². The van der Waals surface area contributed by atoms with Crippen molar-refractivity contribution in [1.82, 2.24) is 0 Å². The minimum atomic E-state index is -0.838. The van der Waals surface area contributed by atoms with Crippen molar-refractivity contribution < 1.29 is 39.8 Å². The summed E-state index contributed by atoms with van der Waals surface area (Å²) in [7, 11) is 0. The van der Waals surface area contributed by atoms with Gasteiger partial charge in [0.25, 0.3) is 0 Å². The lowest BCUT2D eigenvalue weighted by Crippen LogP contribution is -2.04. The Hall–Kier alpha value is -1.74. The molecule has 19 heavy (non-hydrogen) atoms. The Morgan fingerprint density at radius 3 is 1.79 bits per heavy atom. The van der Waals surface area contributed by atoms with Crippen LogP contribution >= 0.6 is 0 Å². The van der Waals surface area contributed by atoms with Gasteiger partial charge in [0, 0.05) is 12.2 Å². The minimum Gasteiger partial charge on any atom is -0.460 e. The van der Waals surface area contributed by atoms with E-state index in [2.05, 4.69) is 22.8 Å². The largest absolute Gasteiger partial charge is 0.460 e. The molecule has 0 bridgehead atoms. The second kappa shape index (κ2) is 18.6. The molecule has 1 unspecified atom stereocenters. The third-order valence-electron chi connectivity index (χ3n) is 1.02. The molecule has 0 aliphatic heterocycles. The molecule has 0 fully saturated rings. The summed E-state index contributed by atoms with van der Waals surface area (Å²) in [4.78, 5) is 22.9.